The van der Waals surface area contributed by atoms with Gasteiger partial charge in [-0.3, -0.25) is 0 Å². The average Bonchev–Trinajstić information content (AvgIpc) is 2.48. The van der Waals surface area contributed by atoms with E-state index in [9.17, 15) is 0 Å². The molecule has 2 aromatic rings. The average molecular weight is 306 g/mol. The molecule has 0 heterocycles. The van der Waals surface area contributed by atoms with Crippen molar-refractivity contribution < 1.29 is 9.47 Å². The number of methoxy groups -OCH3 is 1. The highest BCUT2D eigenvalue weighted by molar-refractivity contribution is 6.30. The number of nitrogens with one attached hydrogen (secondary N) is 1. The van der Waals surface area contributed by atoms with Gasteiger partial charge in [-0.25, -0.2) is 0 Å². The first kappa shape index (κ1) is 15.8. The van der Waals surface area contributed by atoms with Crippen LogP contribution in [0.15, 0.2) is 42.5 Å². The Morgan fingerprint density at radius 1 is 1.05 bits per heavy atom. The van der Waals surface area contributed by atoms with Crippen molar-refractivity contribution in [3.63, 3.8) is 0 Å². The lowest BCUT2D eigenvalue weighted by atomic mass is 10.1. The molecule has 0 aromatic heterocycles. The van der Waals surface area contributed by atoms with Crippen LogP contribution < -0.4 is 10.1 Å². The fourth-order valence-electron chi connectivity index (χ4n) is 1.97. The second-order valence-electron chi connectivity index (χ2n) is 4.81. The number of ether oxygens (including phenoxy) is 2. The molecule has 0 saturated heterocycles. The summed E-state index contributed by atoms with van der Waals surface area (Å²) in [6.45, 7) is 4.48. The SMILES string of the molecule is COCCNCc1ccc(Oc2ccc(Cl)cc2)cc1C. The Morgan fingerprint density at radius 3 is 2.43 bits per heavy atom. The van der Waals surface area contributed by atoms with Gasteiger partial charge in [0.1, 0.15) is 11.5 Å². The van der Waals surface area contributed by atoms with Crippen molar-refractivity contribution in [2.45, 2.75) is 13.5 Å². The normalized spacial score (nSPS) is 10.6. The molecular weight excluding hydrogens is 286 g/mol. The third-order valence-electron chi connectivity index (χ3n) is 3.16. The van der Waals surface area contributed by atoms with E-state index in [-0.39, 0.29) is 0 Å². The van der Waals surface area contributed by atoms with Crippen molar-refractivity contribution in [1.29, 1.82) is 0 Å². The molecule has 2 aromatic carbocycles. The molecule has 112 valence electrons. The summed E-state index contributed by atoms with van der Waals surface area (Å²) >= 11 is 5.86. The maximum absolute atomic E-state index is 5.86. The van der Waals surface area contributed by atoms with E-state index < -0.39 is 0 Å². The van der Waals surface area contributed by atoms with E-state index in [4.69, 9.17) is 21.1 Å². The Labute approximate surface area is 130 Å². The van der Waals surface area contributed by atoms with Gasteiger partial charge < -0.3 is 14.8 Å². The van der Waals surface area contributed by atoms with Crippen molar-refractivity contribution in [3.8, 4) is 11.5 Å². The lowest BCUT2D eigenvalue weighted by Crippen LogP contribution is -2.19. The third kappa shape index (κ3) is 5.05. The Hall–Kier alpha value is -1.55. The highest BCUT2D eigenvalue weighted by Crippen LogP contribution is 2.25. The van der Waals surface area contributed by atoms with Gasteiger partial charge in [-0.1, -0.05) is 17.7 Å². The molecule has 0 aliphatic carbocycles. The van der Waals surface area contributed by atoms with Crippen LogP contribution in [0.4, 0.5) is 0 Å². The van der Waals surface area contributed by atoms with Crippen molar-refractivity contribution in [2.24, 2.45) is 0 Å². The summed E-state index contributed by atoms with van der Waals surface area (Å²) in [5, 5.41) is 4.04. The van der Waals surface area contributed by atoms with Crippen LogP contribution in [-0.4, -0.2) is 20.3 Å². The molecule has 0 unspecified atom stereocenters. The summed E-state index contributed by atoms with van der Waals surface area (Å²) in [7, 11) is 1.70. The predicted molar refractivity (Wildman–Crippen MR) is 86.3 cm³/mol. The molecule has 0 amide bonds. The summed E-state index contributed by atoms with van der Waals surface area (Å²) in [5.41, 5.74) is 2.46. The molecule has 0 bridgehead atoms. The Morgan fingerprint density at radius 2 is 1.76 bits per heavy atom. The molecule has 0 atom stereocenters. The van der Waals surface area contributed by atoms with Gasteiger partial charge in [-0.15, -0.1) is 0 Å². The van der Waals surface area contributed by atoms with Crippen molar-refractivity contribution >= 4 is 11.6 Å². The van der Waals surface area contributed by atoms with E-state index in [1.54, 1.807) is 7.11 Å². The fraction of sp³-hybridized carbons (Fsp3) is 0.294. The molecule has 0 spiro atoms. The van der Waals surface area contributed by atoms with E-state index in [0.29, 0.717) is 5.02 Å². The first-order chi connectivity index (χ1) is 10.2. The summed E-state index contributed by atoms with van der Waals surface area (Å²) in [6.07, 6.45) is 0. The number of aryl methyl sites for hydroxylation is 1. The van der Waals surface area contributed by atoms with Gasteiger partial charge in [0.05, 0.1) is 6.61 Å². The molecule has 4 heteroatoms. The number of hydrogen-bond donors (Lipinski definition) is 1. The minimum absolute atomic E-state index is 0.705. The maximum atomic E-state index is 5.86. The monoisotopic (exact) mass is 305 g/mol. The van der Waals surface area contributed by atoms with Crippen LogP contribution in [0.1, 0.15) is 11.1 Å². The summed E-state index contributed by atoms with van der Waals surface area (Å²) in [4.78, 5) is 0. The smallest absolute Gasteiger partial charge is 0.127 e. The molecule has 1 N–H and O–H groups in total. The van der Waals surface area contributed by atoms with Crippen molar-refractivity contribution in [2.75, 3.05) is 20.3 Å². The first-order valence-electron chi connectivity index (χ1n) is 6.91. The Balaban J connectivity index is 1.96. The molecule has 0 radical (unpaired) electrons. The van der Waals surface area contributed by atoms with Gasteiger partial charge in [-0.2, -0.15) is 0 Å². The van der Waals surface area contributed by atoms with Gasteiger partial charge in [0.2, 0.25) is 0 Å². The van der Waals surface area contributed by atoms with Crippen LogP contribution in [0.3, 0.4) is 0 Å². The van der Waals surface area contributed by atoms with E-state index in [1.165, 1.54) is 11.1 Å². The second kappa shape index (κ2) is 8.03. The van der Waals surface area contributed by atoms with Crippen molar-refractivity contribution in [3.05, 3.63) is 58.6 Å². The minimum Gasteiger partial charge on any atom is -0.457 e. The van der Waals surface area contributed by atoms with Gasteiger partial charge in [0.15, 0.2) is 0 Å². The standard InChI is InChI=1S/C17H20ClNO2/c1-13-11-17(21-16-7-4-15(18)5-8-16)6-3-14(13)12-19-9-10-20-2/h3-8,11,19H,9-10,12H2,1-2H3. The molecule has 0 aliphatic heterocycles. The van der Waals surface area contributed by atoms with Crippen LogP contribution in [0.5, 0.6) is 11.5 Å². The largest absolute Gasteiger partial charge is 0.457 e. The number of benzene rings is 2. The fourth-order valence-corrected chi connectivity index (χ4v) is 2.09. The number of halogens is 1. The second-order valence-corrected chi connectivity index (χ2v) is 5.25. The Kier molecular flexibility index (Phi) is 6.05. The number of hydrogen-bond acceptors (Lipinski definition) is 3. The molecule has 0 fully saturated rings. The lowest BCUT2D eigenvalue weighted by molar-refractivity contribution is 0.199. The zero-order chi connectivity index (χ0) is 15.1. The van der Waals surface area contributed by atoms with Gasteiger partial charge in [-0.05, 0) is 54.4 Å². The lowest BCUT2D eigenvalue weighted by Gasteiger charge is -2.11. The molecule has 0 saturated carbocycles. The first-order valence-corrected chi connectivity index (χ1v) is 7.29. The van der Waals surface area contributed by atoms with Gasteiger partial charge >= 0.3 is 0 Å². The zero-order valence-electron chi connectivity index (χ0n) is 12.4. The summed E-state index contributed by atoms with van der Waals surface area (Å²) < 4.78 is 10.8. The quantitative estimate of drug-likeness (QED) is 0.779. The summed E-state index contributed by atoms with van der Waals surface area (Å²) in [6, 6.07) is 13.5. The molecule has 2 rings (SSSR count). The molecule has 0 aliphatic rings. The molecular formula is C17H20ClNO2. The highest BCUT2D eigenvalue weighted by atomic mass is 35.5. The zero-order valence-corrected chi connectivity index (χ0v) is 13.1. The minimum atomic E-state index is 0.705. The van der Waals surface area contributed by atoms with Crippen molar-refractivity contribution in [1.82, 2.24) is 5.32 Å². The Bertz CT molecular complexity index is 570. The molecule has 3 nitrogen and oxygen atoms in total. The van der Waals surface area contributed by atoms with Crippen LogP contribution in [0, 0.1) is 6.92 Å². The van der Waals surface area contributed by atoms with Crippen LogP contribution in [0.2, 0.25) is 5.02 Å². The van der Waals surface area contributed by atoms with E-state index in [1.807, 2.05) is 36.4 Å². The molecule has 21 heavy (non-hydrogen) atoms. The third-order valence-corrected chi connectivity index (χ3v) is 3.41. The maximum Gasteiger partial charge on any atom is 0.127 e. The van der Waals surface area contributed by atoms with Crippen LogP contribution in [0.25, 0.3) is 0 Å². The van der Waals surface area contributed by atoms with Crippen LogP contribution in [-0.2, 0) is 11.3 Å². The highest BCUT2D eigenvalue weighted by Gasteiger charge is 2.02. The predicted octanol–water partition coefficient (Wildman–Crippen LogP) is 4.18. The van der Waals surface area contributed by atoms with E-state index in [2.05, 4.69) is 18.3 Å². The summed E-state index contributed by atoms with van der Waals surface area (Å²) in [5.74, 6) is 1.61. The topological polar surface area (TPSA) is 30.5 Å². The number of rotatable bonds is 7. The van der Waals surface area contributed by atoms with E-state index >= 15 is 0 Å². The van der Waals surface area contributed by atoms with E-state index in [0.717, 1.165) is 31.2 Å². The van der Waals surface area contributed by atoms with Gasteiger partial charge in [0, 0.05) is 25.2 Å². The van der Waals surface area contributed by atoms with Gasteiger partial charge in [0.25, 0.3) is 0 Å². The van der Waals surface area contributed by atoms with Crippen LogP contribution >= 0.6 is 11.6 Å².